The lowest BCUT2D eigenvalue weighted by atomic mass is 10.2. The minimum absolute atomic E-state index is 0.136. The molecule has 0 aliphatic carbocycles. The van der Waals surface area contributed by atoms with Gasteiger partial charge in [0.2, 0.25) is 0 Å². The summed E-state index contributed by atoms with van der Waals surface area (Å²) >= 11 is 0. The lowest BCUT2D eigenvalue weighted by molar-refractivity contribution is -0.0302. The van der Waals surface area contributed by atoms with Crippen molar-refractivity contribution in [3.05, 3.63) is 89.6 Å². The van der Waals surface area contributed by atoms with Gasteiger partial charge in [-0.25, -0.2) is 15.0 Å². The number of nitrogens with zero attached hydrogens (tertiary/aromatic N) is 4. The molecule has 1 fully saturated rings. The first-order chi connectivity index (χ1) is 15.4. The first kappa shape index (κ1) is 19.1. The molecule has 5 rings (SSSR count). The summed E-state index contributed by atoms with van der Waals surface area (Å²) in [6.45, 7) is 0.724. The van der Waals surface area contributed by atoms with E-state index in [2.05, 4.69) is 33.6 Å². The minimum atomic E-state index is -0.136. The van der Waals surface area contributed by atoms with Crippen LogP contribution in [-0.4, -0.2) is 26.1 Å². The number of ether oxygens (including phenoxy) is 1. The maximum atomic E-state index is 6.05. The van der Waals surface area contributed by atoms with Crippen LogP contribution in [0.15, 0.2) is 67.0 Å². The van der Waals surface area contributed by atoms with Crippen molar-refractivity contribution in [2.45, 2.75) is 25.5 Å². The molecular formula is C26H20N4O. The van der Waals surface area contributed by atoms with Gasteiger partial charge in [0.05, 0.1) is 0 Å². The molecule has 3 heterocycles. The van der Waals surface area contributed by atoms with Crippen molar-refractivity contribution in [3.8, 4) is 23.7 Å². The molecule has 4 aromatic rings. The van der Waals surface area contributed by atoms with E-state index >= 15 is 0 Å². The predicted octanol–water partition coefficient (Wildman–Crippen LogP) is 4.33. The van der Waals surface area contributed by atoms with Gasteiger partial charge in [0, 0.05) is 17.7 Å². The van der Waals surface area contributed by atoms with Gasteiger partial charge in [-0.3, -0.25) is 4.57 Å². The summed E-state index contributed by atoms with van der Waals surface area (Å²) in [7, 11) is 0. The molecule has 5 heteroatoms. The van der Waals surface area contributed by atoms with Crippen LogP contribution in [0.1, 0.15) is 48.1 Å². The second kappa shape index (κ2) is 8.83. The summed E-state index contributed by atoms with van der Waals surface area (Å²) in [5, 5.41) is 0. The van der Waals surface area contributed by atoms with Gasteiger partial charge < -0.3 is 4.74 Å². The van der Waals surface area contributed by atoms with Crippen molar-refractivity contribution in [1.29, 1.82) is 0 Å². The SMILES string of the molecule is C(#Cc1ncnc2c1nc(C#Cc1ccccc1)n2C1CCCCO1)c1ccccc1. The van der Waals surface area contributed by atoms with E-state index in [9.17, 15) is 0 Å². The Morgan fingerprint density at radius 1 is 0.806 bits per heavy atom. The molecule has 0 bridgehead atoms. The average Bonchev–Trinajstić information content (AvgIpc) is 3.22. The Balaban J connectivity index is 1.63. The van der Waals surface area contributed by atoms with Crippen LogP contribution in [-0.2, 0) is 4.74 Å². The third-order valence-electron chi connectivity index (χ3n) is 5.11. The Hall–Kier alpha value is -3.93. The van der Waals surface area contributed by atoms with Crippen molar-refractivity contribution in [2.75, 3.05) is 6.61 Å². The number of hydrogen-bond acceptors (Lipinski definition) is 4. The van der Waals surface area contributed by atoms with E-state index in [4.69, 9.17) is 9.72 Å². The summed E-state index contributed by atoms with van der Waals surface area (Å²) in [5.41, 5.74) is 3.80. The van der Waals surface area contributed by atoms with Crippen molar-refractivity contribution in [1.82, 2.24) is 19.5 Å². The maximum Gasteiger partial charge on any atom is 0.190 e. The monoisotopic (exact) mass is 404 g/mol. The van der Waals surface area contributed by atoms with Crippen LogP contribution in [0.2, 0.25) is 0 Å². The quantitative estimate of drug-likeness (QED) is 0.443. The fourth-order valence-electron chi connectivity index (χ4n) is 3.59. The highest BCUT2D eigenvalue weighted by Crippen LogP contribution is 2.28. The topological polar surface area (TPSA) is 52.8 Å². The first-order valence-corrected chi connectivity index (χ1v) is 10.4. The van der Waals surface area contributed by atoms with E-state index in [1.807, 2.05) is 65.2 Å². The summed E-state index contributed by atoms with van der Waals surface area (Å²) in [6, 6.07) is 19.7. The van der Waals surface area contributed by atoms with Crippen LogP contribution in [0, 0.1) is 23.7 Å². The molecule has 0 N–H and O–H groups in total. The van der Waals surface area contributed by atoms with Gasteiger partial charge in [0.1, 0.15) is 23.8 Å². The Morgan fingerprint density at radius 3 is 2.19 bits per heavy atom. The van der Waals surface area contributed by atoms with Gasteiger partial charge >= 0.3 is 0 Å². The molecule has 0 radical (unpaired) electrons. The molecule has 1 aliphatic rings. The van der Waals surface area contributed by atoms with Gasteiger partial charge in [-0.15, -0.1) is 0 Å². The fraction of sp³-hybridized carbons (Fsp3) is 0.192. The molecule has 0 amide bonds. The number of hydrogen-bond donors (Lipinski definition) is 0. The smallest absolute Gasteiger partial charge is 0.190 e. The summed E-state index contributed by atoms with van der Waals surface area (Å²) in [5.74, 6) is 13.4. The van der Waals surface area contributed by atoms with Crippen LogP contribution in [0.5, 0.6) is 0 Å². The molecule has 0 saturated carbocycles. The number of benzene rings is 2. The third kappa shape index (κ3) is 4.19. The maximum absolute atomic E-state index is 6.05. The number of fused-ring (bicyclic) bond motifs is 1. The van der Waals surface area contributed by atoms with Crippen LogP contribution < -0.4 is 0 Å². The van der Waals surface area contributed by atoms with E-state index in [0.29, 0.717) is 22.7 Å². The molecule has 150 valence electrons. The van der Waals surface area contributed by atoms with Crippen molar-refractivity contribution in [3.63, 3.8) is 0 Å². The van der Waals surface area contributed by atoms with Gasteiger partial charge in [-0.05, 0) is 55.4 Å². The summed E-state index contributed by atoms with van der Waals surface area (Å²) in [6.07, 6.45) is 4.47. The van der Waals surface area contributed by atoms with Gasteiger partial charge in [-0.2, -0.15) is 0 Å². The molecule has 5 nitrogen and oxygen atoms in total. The Kier molecular flexibility index (Phi) is 5.43. The van der Waals surface area contributed by atoms with Crippen LogP contribution in [0.3, 0.4) is 0 Å². The fourth-order valence-corrected chi connectivity index (χ4v) is 3.59. The second-order valence-corrected chi connectivity index (χ2v) is 7.25. The average molecular weight is 404 g/mol. The number of rotatable bonds is 1. The molecule has 1 unspecified atom stereocenters. The van der Waals surface area contributed by atoms with E-state index in [-0.39, 0.29) is 6.23 Å². The molecule has 1 atom stereocenters. The molecule has 2 aromatic carbocycles. The van der Waals surface area contributed by atoms with Gasteiger partial charge in [-0.1, -0.05) is 48.2 Å². The molecule has 1 aliphatic heterocycles. The van der Waals surface area contributed by atoms with E-state index < -0.39 is 0 Å². The second-order valence-electron chi connectivity index (χ2n) is 7.25. The Labute approximate surface area is 181 Å². The highest BCUT2D eigenvalue weighted by atomic mass is 16.5. The lowest BCUT2D eigenvalue weighted by Crippen LogP contribution is -2.19. The third-order valence-corrected chi connectivity index (χ3v) is 5.11. The van der Waals surface area contributed by atoms with Crippen molar-refractivity contribution in [2.24, 2.45) is 0 Å². The summed E-state index contributed by atoms with van der Waals surface area (Å²) < 4.78 is 8.05. The van der Waals surface area contributed by atoms with Crippen molar-refractivity contribution >= 4 is 11.2 Å². The first-order valence-electron chi connectivity index (χ1n) is 10.4. The molecule has 2 aromatic heterocycles. The van der Waals surface area contributed by atoms with E-state index in [1.54, 1.807) is 0 Å². The van der Waals surface area contributed by atoms with Crippen LogP contribution in [0.4, 0.5) is 0 Å². The Morgan fingerprint density at radius 2 is 1.52 bits per heavy atom. The predicted molar refractivity (Wildman–Crippen MR) is 119 cm³/mol. The lowest BCUT2D eigenvalue weighted by Gasteiger charge is -2.24. The zero-order valence-corrected chi connectivity index (χ0v) is 17.0. The molecule has 1 saturated heterocycles. The van der Waals surface area contributed by atoms with Gasteiger partial charge in [0.25, 0.3) is 0 Å². The zero-order chi connectivity index (χ0) is 20.9. The van der Waals surface area contributed by atoms with Crippen LogP contribution in [0.25, 0.3) is 11.2 Å². The van der Waals surface area contributed by atoms with E-state index in [1.165, 1.54) is 6.33 Å². The normalized spacial score (nSPS) is 15.5. The Bertz CT molecular complexity index is 1320. The van der Waals surface area contributed by atoms with Gasteiger partial charge in [0.15, 0.2) is 11.5 Å². The highest BCUT2D eigenvalue weighted by Gasteiger charge is 2.23. The molecule has 31 heavy (non-hydrogen) atoms. The standard InChI is InChI=1S/C26H20N4O/c1-3-9-20(10-4-1)14-16-22-25-26(28-19-27-22)30(24-13-7-8-18-31-24)23(29-25)17-15-21-11-5-2-6-12-21/h1-6,9-12,19,24H,7-8,13,18H2. The van der Waals surface area contributed by atoms with Crippen molar-refractivity contribution < 1.29 is 4.74 Å². The molecule has 0 spiro atoms. The highest BCUT2D eigenvalue weighted by molar-refractivity contribution is 5.78. The van der Waals surface area contributed by atoms with Crippen LogP contribution >= 0.6 is 0 Å². The minimum Gasteiger partial charge on any atom is -0.358 e. The number of aromatic nitrogens is 4. The summed E-state index contributed by atoms with van der Waals surface area (Å²) in [4.78, 5) is 13.7. The number of imidazole rings is 1. The van der Waals surface area contributed by atoms with E-state index in [0.717, 1.165) is 37.0 Å². The molecular weight excluding hydrogens is 384 g/mol. The zero-order valence-electron chi connectivity index (χ0n) is 17.0. The largest absolute Gasteiger partial charge is 0.358 e.